The number of fused-ring (bicyclic) bond motifs is 1. The van der Waals surface area contributed by atoms with E-state index >= 15 is 0 Å². The van der Waals surface area contributed by atoms with Crippen molar-refractivity contribution >= 4 is 24.3 Å². The Kier molecular flexibility index (Phi) is 21.6. The van der Waals surface area contributed by atoms with E-state index in [2.05, 4.69) is 48.8 Å². The fourth-order valence-electron chi connectivity index (χ4n) is 3.84. The SMILES string of the molecule is C=O.CC1=C(N)CCN1C.CCCNCC.CN.CN=C/C(=C\N)c1cc2c(cc1C(F)F)N(C)CCC2. The summed E-state index contributed by atoms with van der Waals surface area (Å²) < 4.78 is 26.7. The van der Waals surface area contributed by atoms with E-state index in [1.54, 1.807) is 13.1 Å². The zero-order chi connectivity index (χ0) is 29.7. The molecule has 0 bridgehead atoms. The maximum Gasteiger partial charge on any atom is 0.264 e. The standard InChI is InChI=1S/C15H19F2N3.C6H12N2.C5H13N.CH5N.CH2O/c1-19-9-11(8-18)12-6-10-4-3-5-20(2)14(10)7-13(12)15(16)17;1-5-6(7)3-4-8(5)2;1-3-5-6-4-2;2*1-2/h6-9,15H,3-5,18H2,1-2H3;3-4,7H2,1-2H3;6H,3-5H2,1-2H3;2H2,1H3;1H2/b11-8+,19-9?;;;;. The molecule has 2 heterocycles. The molecule has 2 aliphatic rings. The van der Waals surface area contributed by atoms with Gasteiger partial charge in [-0.05, 0) is 69.6 Å². The molecule has 0 saturated heterocycles. The Labute approximate surface area is 229 Å². The van der Waals surface area contributed by atoms with Crippen LogP contribution >= 0.6 is 0 Å². The minimum atomic E-state index is -2.54. The zero-order valence-electron chi connectivity index (χ0n) is 24.5. The molecule has 0 radical (unpaired) electrons. The maximum absolute atomic E-state index is 13.3. The summed E-state index contributed by atoms with van der Waals surface area (Å²) in [6.45, 7) is 12.6. The molecule has 1 aromatic carbocycles. The number of nitrogens with one attached hydrogen (secondary N) is 1. The molecule has 0 aliphatic carbocycles. The molecule has 10 heteroatoms. The molecular weight excluding hydrogens is 488 g/mol. The van der Waals surface area contributed by atoms with Gasteiger partial charge in [0.15, 0.2) is 0 Å². The molecule has 3 rings (SSSR count). The first-order valence-corrected chi connectivity index (χ1v) is 13.0. The highest BCUT2D eigenvalue weighted by atomic mass is 19.3. The number of alkyl halides is 2. The lowest BCUT2D eigenvalue weighted by molar-refractivity contribution is -0.0980. The van der Waals surface area contributed by atoms with Gasteiger partial charge in [-0.1, -0.05) is 13.8 Å². The monoisotopic (exact) mass is 539 g/mol. The maximum atomic E-state index is 13.3. The van der Waals surface area contributed by atoms with Crippen LogP contribution in [0.4, 0.5) is 14.5 Å². The molecule has 8 nitrogen and oxygen atoms in total. The summed E-state index contributed by atoms with van der Waals surface area (Å²) in [5.41, 5.74) is 20.9. The second kappa shape index (κ2) is 22.0. The van der Waals surface area contributed by atoms with Crippen LogP contribution in [0, 0.1) is 0 Å². The van der Waals surface area contributed by atoms with Crippen molar-refractivity contribution < 1.29 is 13.6 Å². The van der Waals surface area contributed by atoms with Gasteiger partial charge in [-0.2, -0.15) is 0 Å². The molecule has 2 aliphatic heterocycles. The van der Waals surface area contributed by atoms with Crippen molar-refractivity contribution in [2.24, 2.45) is 22.2 Å². The van der Waals surface area contributed by atoms with Gasteiger partial charge < -0.3 is 37.1 Å². The Balaban J connectivity index is 0. The average molecular weight is 540 g/mol. The van der Waals surface area contributed by atoms with Gasteiger partial charge in [-0.3, -0.25) is 4.99 Å². The number of carbonyl (C=O) groups is 1. The number of anilines is 1. The molecule has 0 fully saturated rings. The number of rotatable bonds is 6. The van der Waals surface area contributed by atoms with Gasteiger partial charge in [-0.25, -0.2) is 8.78 Å². The molecule has 0 saturated carbocycles. The van der Waals surface area contributed by atoms with Crippen LogP contribution < -0.4 is 27.4 Å². The van der Waals surface area contributed by atoms with Gasteiger partial charge in [0.25, 0.3) is 6.43 Å². The minimum absolute atomic E-state index is 0.00843. The van der Waals surface area contributed by atoms with E-state index in [1.165, 1.54) is 31.6 Å². The fraction of sp³-hybridized carbons (Fsp3) is 0.571. The van der Waals surface area contributed by atoms with Gasteiger partial charge in [0.2, 0.25) is 0 Å². The first-order chi connectivity index (χ1) is 18.2. The second-order valence-electron chi connectivity index (χ2n) is 8.54. The fourth-order valence-corrected chi connectivity index (χ4v) is 3.84. The Morgan fingerprint density at radius 1 is 1.16 bits per heavy atom. The molecule has 0 aromatic heterocycles. The van der Waals surface area contributed by atoms with Crippen LogP contribution in [-0.4, -0.2) is 72.3 Å². The van der Waals surface area contributed by atoms with Gasteiger partial charge in [-0.15, -0.1) is 0 Å². The number of allylic oxidation sites excluding steroid dienone is 2. The van der Waals surface area contributed by atoms with Crippen LogP contribution in [0.15, 0.2) is 34.7 Å². The van der Waals surface area contributed by atoms with Crippen LogP contribution in [0.25, 0.3) is 5.57 Å². The Morgan fingerprint density at radius 2 is 1.79 bits per heavy atom. The summed E-state index contributed by atoms with van der Waals surface area (Å²) in [6.07, 6.45) is 4.52. The van der Waals surface area contributed by atoms with E-state index in [4.69, 9.17) is 16.3 Å². The third-order valence-corrected chi connectivity index (χ3v) is 6.03. The quantitative estimate of drug-likeness (QED) is 0.319. The van der Waals surface area contributed by atoms with E-state index in [1.807, 2.05) is 24.8 Å². The molecule has 0 spiro atoms. The second-order valence-corrected chi connectivity index (χ2v) is 8.54. The highest BCUT2D eigenvalue weighted by Crippen LogP contribution is 2.36. The number of aliphatic imine (C=N–C) groups is 1. The Hall–Kier alpha value is -2.98. The lowest BCUT2D eigenvalue weighted by Gasteiger charge is -2.29. The van der Waals surface area contributed by atoms with E-state index in [0.717, 1.165) is 62.4 Å². The third kappa shape index (κ3) is 12.5. The summed E-state index contributed by atoms with van der Waals surface area (Å²) in [7, 11) is 7.09. The summed E-state index contributed by atoms with van der Waals surface area (Å²) in [5.74, 6) is 0. The van der Waals surface area contributed by atoms with Gasteiger partial charge in [0, 0.05) is 81.3 Å². The first kappa shape index (κ1) is 37.2. The number of nitrogens with zero attached hydrogens (tertiary/aromatic N) is 3. The number of hydrogen-bond donors (Lipinski definition) is 4. The number of aryl methyl sites for hydroxylation is 1. The largest absolute Gasteiger partial charge is 0.404 e. The van der Waals surface area contributed by atoms with Crippen molar-refractivity contribution in [1.29, 1.82) is 0 Å². The van der Waals surface area contributed by atoms with Crippen molar-refractivity contribution in [3.05, 3.63) is 46.4 Å². The average Bonchev–Trinajstić information content (AvgIpc) is 3.23. The van der Waals surface area contributed by atoms with E-state index in [9.17, 15) is 8.78 Å². The molecule has 218 valence electrons. The van der Waals surface area contributed by atoms with Crippen LogP contribution in [-0.2, 0) is 11.2 Å². The number of hydrogen-bond acceptors (Lipinski definition) is 8. The summed E-state index contributed by atoms with van der Waals surface area (Å²) >= 11 is 0. The Bertz CT molecular complexity index is 869. The van der Waals surface area contributed by atoms with Gasteiger partial charge in [0.05, 0.1) is 0 Å². The topological polar surface area (TPSA) is 126 Å². The molecule has 7 N–H and O–H groups in total. The highest BCUT2D eigenvalue weighted by Gasteiger charge is 2.22. The molecule has 1 aromatic rings. The third-order valence-electron chi connectivity index (χ3n) is 6.03. The molecule has 0 unspecified atom stereocenters. The number of carbonyl (C=O) groups excluding carboxylic acids is 1. The highest BCUT2D eigenvalue weighted by molar-refractivity contribution is 6.10. The first-order valence-electron chi connectivity index (χ1n) is 13.0. The van der Waals surface area contributed by atoms with E-state index in [0.29, 0.717) is 11.1 Å². The van der Waals surface area contributed by atoms with Crippen molar-refractivity contribution in [2.75, 3.05) is 59.3 Å². The summed E-state index contributed by atoms with van der Waals surface area (Å²) in [6, 6.07) is 3.41. The van der Waals surface area contributed by atoms with Crippen molar-refractivity contribution in [1.82, 2.24) is 10.2 Å². The molecule has 0 atom stereocenters. The van der Waals surface area contributed by atoms with Gasteiger partial charge >= 0.3 is 0 Å². The smallest absolute Gasteiger partial charge is 0.264 e. The van der Waals surface area contributed by atoms with Crippen LogP contribution in [0.5, 0.6) is 0 Å². The summed E-state index contributed by atoms with van der Waals surface area (Å²) in [4.78, 5) is 16.1. The number of benzene rings is 1. The summed E-state index contributed by atoms with van der Waals surface area (Å²) in [5, 5.41) is 3.20. The predicted octanol–water partition coefficient (Wildman–Crippen LogP) is 3.91. The van der Waals surface area contributed by atoms with Crippen molar-refractivity contribution in [2.45, 2.75) is 52.9 Å². The van der Waals surface area contributed by atoms with E-state index in [-0.39, 0.29) is 5.56 Å². The van der Waals surface area contributed by atoms with Crippen molar-refractivity contribution in [3.63, 3.8) is 0 Å². The molecular formula is C28H51F2N7O. The normalized spacial score (nSPS) is 14.4. The van der Waals surface area contributed by atoms with Crippen LogP contribution in [0.2, 0.25) is 0 Å². The number of halogens is 2. The van der Waals surface area contributed by atoms with E-state index < -0.39 is 6.43 Å². The zero-order valence-corrected chi connectivity index (χ0v) is 24.5. The lowest BCUT2D eigenvalue weighted by Crippen LogP contribution is -2.25. The van der Waals surface area contributed by atoms with Gasteiger partial charge in [0.1, 0.15) is 6.79 Å². The molecule has 0 amide bonds. The Morgan fingerprint density at radius 3 is 2.16 bits per heavy atom. The predicted molar refractivity (Wildman–Crippen MR) is 160 cm³/mol. The van der Waals surface area contributed by atoms with Crippen LogP contribution in [0.1, 0.15) is 63.1 Å². The minimum Gasteiger partial charge on any atom is -0.404 e. The number of nitrogens with two attached hydrogens (primary N) is 3. The molecule has 38 heavy (non-hydrogen) atoms. The lowest BCUT2D eigenvalue weighted by atomic mass is 9.92. The van der Waals surface area contributed by atoms with Crippen LogP contribution in [0.3, 0.4) is 0 Å². The van der Waals surface area contributed by atoms with Crippen molar-refractivity contribution in [3.8, 4) is 0 Å².